The molecule has 132 valence electrons. The van der Waals surface area contributed by atoms with Gasteiger partial charge in [0.1, 0.15) is 17.4 Å². The first-order chi connectivity index (χ1) is 12.4. The molecular formula is C19H13ClF2N2O2. The summed E-state index contributed by atoms with van der Waals surface area (Å²) in [6, 6.07) is 11.5. The zero-order chi connectivity index (χ0) is 18.8. The van der Waals surface area contributed by atoms with Crippen molar-refractivity contribution in [3.8, 4) is 11.8 Å². The third-order valence-corrected chi connectivity index (χ3v) is 4.17. The first-order valence-corrected chi connectivity index (χ1v) is 8.04. The summed E-state index contributed by atoms with van der Waals surface area (Å²) >= 11 is 5.97. The summed E-state index contributed by atoms with van der Waals surface area (Å²) in [6.07, 6.45) is 1.41. The number of hydrogen-bond donors (Lipinski definition) is 0. The fraction of sp³-hybridized carbons (Fsp3) is 0.158. The van der Waals surface area contributed by atoms with E-state index < -0.39 is 12.0 Å². The lowest BCUT2D eigenvalue weighted by Gasteiger charge is -2.16. The molecule has 3 rings (SSSR count). The standard InChI is InChI=1S/C19H13ClF2N2O2/c1-11-2-5-17(26-19(21)22)12(6-11)9-24-10-13(8-23)18(25)15-7-14(20)3-4-16(15)24/h2-7,10,19H,9H2,1H3. The highest BCUT2D eigenvalue weighted by atomic mass is 35.5. The quantitative estimate of drug-likeness (QED) is 0.676. The molecule has 0 aliphatic heterocycles. The molecule has 0 fully saturated rings. The molecule has 0 saturated heterocycles. The summed E-state index contributed by atoms with van der Waals surface area (Å²) in [6.45, 7) is -0.966. The molecule has 0 N–H and O–H groups in total. The molecule has 1 aromatic heterocycles. The normalized spacial score (nSPS) is 10.9. The van der Waals surface area contributed by atoms with E-state index in [1.54, 1.807) is 28.8 Å². The molecule has 26 heavy (non-hydrogen) atoms. The number of nitrogens with zero attached hydrogens (tertiary/aromatic N) is 2. The zero-order valence-corrected chi connectivity index (χ0v) is 14.4. The number of ether oxygens (including phenoxy) is 1. The number of alkyl halides is 2. The molecule has 3 aromatic rings. The Kier molecular flexibility index (Phi) is 4.92. The van der Waals surface area contributed by atoms with Gasteiger partial charge < -0.3 is 9.30 Å². The van der Waals surface area contributed by atoms with Gasteiger partial charge in [0.2, 0.25) is 5.43 Å². The molecule has 0 bridgehead atoms. The van der Waals surface area contributed by atoms with Crippen molar-refractivity contribution in [1.82, 2.24) is 4.57 Å². The van der Waals surface area contributed by atoms with E-state index in [9.17, 15) is 18.8 Å². The van der Waals surface area contributed by atoms with Crippen LogP contribution >= 0.6 is 11.6 Å². The Morgan fingerprint density at radius 3 is 2.73 bits per heavy atom. The molecule has 0 aliphatic carbocycles. The van der Waals surface area contributed by atoms with Crippen LogP contribution in [0.5, 0.6) is 5.75 Å². The molecule has 0 atom stereocenters. The van der Waals surface area contributed by atoms with E-state index in [-0.39, 0.29) is 17.9 Å². The van der Waals surface area contributed by atoms with Gasteiger partial charge in [-0.2, -0.15) is 14.0 Å². The summed E-state index contributed by atoms with van der Waals surface area (Å²) in [5, 5.41) is 9.90. The number of aryl methyl sites for hydroxylation is 1. The van der Waals surface area contributed by atoms with Gasteiger partial charge in [0.15, 0.2) is 0 Å². The number of aromatic nitrogens is 1. The third-order valence-electron chi connectivity index (χ3n) is 3.94. The van der Waals surface area contributed by atoms with Crippen LogP contribution in [-0.2, 0) is 6.54 Å². The van der Waals surface area contributed by atoms with Gasteiger partial charge in [0.25, 0.3) is 0 Å². The monoisotopic (exact) mass is 374 g/mol. The van der Waals surface area contributed by atoms with E-state index >= 15 is 0 Å². The average molecular weight is 375 g/mol. The molecular weight excluding hydrogens is 362 g/mol. The number of hydrogen-bond acceptors (Lipinski definition) is 3. The van der Waals surface area contributed by atoms with Gasteiger partial charge >= 0.3 is 6.61 Å². The molecule has 0 saturated carbocycles. The highest BCUT2D eigenvalue weighted by Gasteiger charge is 2.14. The molecule has 7 heteroatoms. The van der Waals surface area contributed by atoms with E-state index in [4.69, 9.17) is 11.6 Å². The van der Waals surface area contributed by atoms with Crippen molar-refractivity contribution in [3.63, 3.8) is 0 Å². The van der Waals surface area contributed by atoms with Crippen LogP contribution in [0.4, 0.5) is 8.78 Å². The average Bonchev–Trinajstić information content (AvgIpc) is 2.59. The van der Waals surface area contributed by atoms with Crippen LogP contribution in [0.3, 0.4) is 0 Å². The molecule has 0 radical (unpaired) electrons. The maximum Gasteiger partial charge on any atom is 0.387 e. The van der Waals surface area contributed by atoms with Crippen molar-refractivity contribution in [2.45, 2.75) is 20.1 Å². The van der Waals surface area contributed by atoms with E-state index in [2.05, 4.69) is 4.74 Å². The lowest BCUT2D eigenvalue weighted by Crippen LogP contribution is -2.14. The summed E-state index contributed by atoms with van der Waals surface area (Å²) in [5.41, 5.74) is 1.45. The van der Waals surface area contributed by atoms with Crippen LogP contribution in [0.25, 0.3) is 10.9 Å². The van der Waals surface area contributed by atoms with Crippen molar-refractivity contribution in [2.75, 3.05) is 0 Å². The highest BCUT2D eigenvalue weighted by Crippen LogP contribution is 2.25. The molecule has 0 spiro atoms. The smallest absolute Gasteiger partial charge is 0.387 e. The van der Waals surface area contributed by atoms with E-state index in [1.807, 2.05) is 13.0 Å². The first-order valence-electron chi connectivity index (χ1n) is 7.66. The van der Waals surface area contributed by atoms with Gasteiger partial charge in [0.05, 0.1) is 12.1 Å². The minimum Gasteiger partial charge on any atom is -0.434 e. The second-order valence-corrected chi connectivity index (χ2v) is 6.20. The topological polar surface area (TPSA) is 55.0 Å². The second-order valence-electron chi connectivity index (χ2n) is 5.76. The second kappa shape index (κ2) is 7.14. The summed E-state index contributed by atoms with van der Waals surface area (Å²) in [7, 11) is 0. The Morgan fingerprint density at radius 1 is 1.27 bits per heavy atom. The fourth-order valence-electron chi connectivity index (χ4n) is 2.81. The molecule has 0 unspecified atom stereocenters. The van der Waals surface area contributed by atoms with Gasteiger partial charge in [-0.25, -0.2) is 0 Å². The van der Waals surface area contributed by atoms with Crippen LogP contribution in [0.15, 0.2) is 47.4 Å². The number of pyridine rings is 1. The van der Waals surface area contributed by atoms with Gasteiger partial charge in [-0.3, -0.25) is 4.79 Å². The van der Waals surface area contributed by atoms with Crippen molar-refractivity contribution < 1.29 is 13.5 Å². The SMILES string of the molecule is Cc1ccc(OC(F)F)c(Cn2cc(C#N)c(=O)c3cc(Cl)ccc32)c1. The lowest BCUT2D eigenvalue weighted by molar-refractivity contribution is -0.0504. The molecule has 0 aliphatic rings. The first kappa shape index (κ1) is 17.9. The predicted octanol–water partition coefficient (Wildman–Crippen LogP) is 4.48. The Balaban J connectivity index is 2.19. The van der Waals surface area contributed by atoms with Crippen molar-refractivity contribution >= 4 is 22.5 Å². The Labute approximate surface area is 152 Å². The van der Waals surface area contributed by atoms with Crippen molar-refractivity contribution in [2.24, 2.45) is 0 Å². The minimum atomic E-state index is -2.95. The van der Waals surface area contributed by atoms with Gasteiger partial charge in [-0.15, -0.1) is 0 Å². The summed E-state index contributed by atoms with van der Waals surface area (Å²) in [5.74, 6) is 0.0462. The zero-order valence-electron chi connectivity index (χ0n) is 13.7. The van der Waals surface area contributed by atoms with Crippen molar-refractivity contribution in [3.05, 3.63) is 74.5 Å². The number of nitriles is 1. The number of halogens is 3. The van der Waals surface area contributed by atoms with Gasteiger partial charge in [0, 0.05) is 22.2 Å². The van der Waals surface area contributed by atoms with Gasteiger partial charge in [-0.1, -0.05) is 29.3 Å². The molecule has 4 nitrogen and oxygen atoms in total. The highest BCUT2D eigenvalue weighted by molar-refractivity contribution is 6.31. The van der Waals surface area contributed by atoms with Gasteiger partial charge in [-0.05, 0) is 31.2 Å². The molecule has 1 heterocycles. The van der Waals surface area contributed by atoms with Crippen molar-refractivity contribution in [1.29, 1.82) is 5.26 Å². The molecule has 2 aromatic carbocycles. The molecule has 0 amide bonds. The predicted molar refractivity (Wildman–Crippen MR) is 94.8 cm³/mol. The number of fused-ring (bicyclic) bond motifs is 1. The lowest BCUT2D eigenvalue weighted by atomic mass is 10.1. The van der Waals surface area contributed by atoms with Crippen LogP contribution in [0, 0.1) is 18.3 Å². The maximum atomic E-state index is 12.7. The van der Waals surface area contributed by atoms with Crippen LogP contribution in [0.2, 0.25) is 5.02 Å². The van der Waals surface area contributed by atoms with Crippen LogP contribution < -0.4 is 10.2 Å². The maximum absolute atomic E-state index is 12.7. The Hall–Kier alpha value is -2.91. The largest absolute Gasteiger partial charge is 0.434 e. The summed E-state index contributed by atoms with van der Waals surface area (Å²) < 4.78 is 31.6. The van der Waals surface area contributed by atoms with E-state index in [0.717, 1.165) is 5.56 Å². The Morgan fingerprint density at radius 2 is 2.04 bits per heavy atom. The van der Waals surface area contributed by atoms with Crippen LogP contribution in [-0.4, -0.2) is 11.2 Å². The third kappa shape index (κ3) is 3.53. The number of rotatable bonds is 4. The summed E-state index contributed by atoms with van der Waals surface area (Å²) in [4.78, 5) is 12.4. The Bertz CT molecular complexity index is 1090. The number of benzene rings is 2. The van der Waals surface area contributed by atoms with Crippen LogP contribution in [0.1, 0.15) is 16.7 Å². The van der Waals surface area contributed by atoms with E-state index in [1.165, 1.54) is 18.3 Å². The fourth-order valence-corrected chi connectivity index (χ4v) is 2.98. The van der Waals surface area contributed by atoms with E-state index in [0.29, 0.717) is 21.5 Å². The minimum absolute atomic E-state index is 0.0462.